The number of hydrogen-bond donors (Lipinski definition) is 2. The highest BCUT2D eigenvalue weighted by molar-refractivity contribution is 5.27. The Morgan fingerprint density at radius 3 is 2.93 bits per heavy atom. The second-order valence-corrected chi connectivity index (χ2v) is 3.70. The molecule has 0 saturated carbocycles. The molecule has 1 heterocycles. The van der Waals surface area contributed by atoms with Crippen molar-refractivity contribution in [3.8, 4) is 5.75 Å². The molecule has 76 valence electrons. The molecular formula is C11H15NO2. The number of nitrogens with one attached hydrogen (secondary N) is 1. The van der Waals surface area contributed by atoms with E-state index in [1.165, 1.54) is 5.56 Å². The van der Waals surface area contributed by atoms with E-state index in [1.54, 1.807) is 0 Å². The summed E-state index contributed by atoms with van der Waals surface area (Å²) in [6.45, 7) is 3.36. The van der Waals surface area contributed by atoms with Crippen LogP contribution in [0.5, 0.6) is 5.75 Å². The Morgan fingerprint density at radius 1 is 1.43 bits per heavy atom. The fourth-order valence-corrected chi connectivity index (χ4v) is 1.62. The lowest BCUT2D eigenvalue weighted by Crippen LogP contribution is -2.29. The zero-order valence-electron chi connectivity index (χ0n) is 8.23. The van der Waals surface area contributed by atoms with Gasteiger partial charge in [-0.15, -0.1) is 0 Å². The molecule has 0 aromatic heterocycles. The van der Waals surface area contributed by atoms with Crippen molar-refractivity contribution in [1.82, 2.24) is 5.32 Å². The quantitative estimate of drug-likeness (QED) is 0.726. The number of aliphatic hydroxyl groups is 1. The molecule has 1 aromatic rings. The summed E-state index contributed by atoms with van der Waals surface area (Å²) in [4.78, 5) is 0. The molecule has 3 heteroatoms. The monoisotopic (exact) mass is 193 g/mol. The van der Waals surface area contributed by atoms with Gasteiger partial charge in [0.15, 0.2) is 0 Å². The lowest BCUT2D eigenvalue weighted by Gasteiger charge is -2.16. The third kappa shape index (κ3) is 2.05. The van der Waals surface area contributed by atoms with E-state index in [0.29, 0.717) is 6.54 Å². The van der Waals surface area contributed by atoms with Crippen LogP contribution in [0, 0.1) is 6.92 Å². The van der Waals surface area contributed by atoms with Crippen molar-refractivity contribution in [1.29, 1.82) is 0 Å². The van der Waals surface area contributed by atoms with Gasteiger partial charge in [-0.2, -0.15) is 0 Å². The third-order valence-corrected chi connectivity index (χ3v) is 2.41. The molecule has 2 N–H and O–H groups in total. The number of rotatable bonds is 2. The van der Waals surface area contributed by atoms with Crippen LogP contribution in [-0.4, -0.2) is 30.4 Å². The fraction of sp³-hybridized carbons (Fsp3) is 0.455. The largest absolute Gasteiger partial charge is 0.486 e. The SMILES string of the molecule is Cc1cccc(O[C@H]2CNC[C@@H]2O)c1. The van der Waals surface area contributed by atoms with Gasteiger partial charge < -0.3 is 15.2 Å². The summed E-state index contributed by atoms with van der Waals surface area (Å²) >= 11 is 0. The maximum absolute atomic E-state index is 9.53. The molecule has 1 fully saturated rings. The van der Waals surface area contributed by atoms with Gasteiger partial charge in [-0.1, -0.05) is 12.1 Å². The van der Waals surface area contributed by atoms with Crippen LogP contribution in [0.4, 0.5) is 0 Å². The number of ether oxygens (including phenoxy) is 1. The van der Waals surface area contributed by atoms with Crippen LogP contribution < -0.4 is 10.1 Å². The van der Waals surface area contributed by atoms with Crippen LogP contribution in [0.2, 0.25) is 0 Å². The standard InChI is InChI=1S/C11H15NO2/c1-8-3-2-4-9(5-8)14-11-7-12-6-10(11)13/h2-5,10-13H,6-7H2,1H3/t10-,11-/m0/s1. The zero-order chi connectivity index (χ0) is 9.97. The number of aryl methyl sites for hydroxylation is 1. The first-order valence-corrected chi connectivity index (χ1v) is 4.88. The smallest absolute Gasteiger partial charge is 0.138 e. The number of β-amino-alcohol motifs (C(OH)–C–C–N with tert-alkyl or cyclic N) is 1. The molecule has 0 amide bonds. The van der Waals surface area contributed by atoms with Crippen molar-refractivity contribution in [2.24, 2.45) is 0 Å². The average molecular weight is 193 g/mol. The van der Waals surface area contributed by atoms with Crippen LogP contribution in [-0.2, 0) is 0 Å². The van der Waals surface area contributed by atoms with Gasteiger partial charge in [0.1, 0.15) is 18.0 Å². The highest BCUT2D eigenvalue weighted by Crippen LogP contribution is 2.16. The van der Waals surface area contributed by atoms with Crippen LogP contribution in [0.3, 0.4) is 0 Å². The van der Waals surface area contributed by atoms with Crippen molar-refractivity contribution >= 4 is 0 Å². The molecule has 0 radical (unpaired) electrons. The molecule has 1 aliphatic heterocycles. The molecule has 1 saturated heterocycles. The minimum atomic E-state index is -0.393. The van der Waals surface area contributed by atoms with Gasteiger partial charge >= 0.3 is 0 Å². The highest BCUT2D eigenvalue weighted by atomic mass is 16.5. The predicted molar refractivity (Wildman–Crippen MR) is 54.5 cm³/mol. The Balaban J connectivity index is 2.03. The van der Waals surface area contributed by atoms with Gasteiger partial charge in [-0.3, -0.25) is 0 Å². The van der Waals surface area contributed by atoms with Gasteiger partial charge in [0, 0.05) is 13.1 Å². The second kappa shape index (κ2) is 3.98. The Kier molecular flexibility index (Phi) is 2.70. The molecule has 2 rings (SSSR count). The summed E-state index contributed by atoms with van der Waals surface area (Å²) in [7, 11) is 0. The highest BCUT2D eigenvalue weighted by Gasteiger charge is 2.26. The van der Waals surface area contributed by atoms with Crippen molar-refractivity contribution in [2.45, 2.75) is 19.1 Å². The van der Waals surface area contributed by atoms with Gasteiger partial charge in [-0.05, 0) is 24.6 Å². The lowest BCUT2D eigenvalue weighted by molar-refractivity contribution is 0.0737. The maximum Gasteiger partial charge on any atom is 0.138 e. The van der Waals surface area contributed by atoms with Crippen molar-refractivity contribution in [3.63, 3.8) is 0 Å². The van der Waals surface area contributed by atoms with E-state index in [-0.39, 0.29) is 6.10 Å². The molecule has 0 bridgehead atoms. The Bertz CT molecular complexity index is 314. The second-order valence-electron chi connectivity index (χ2n) is 3.70. The summed E-state index contributed by atoms with van der Waals surface area (Å²) < 4.78 is 5.66. The third-order valence-electron chi connectivity index (χ3n) is 2.41. The Hall–Kier alpha value is -1.06. The number of aliphatic hydroxyl groups excluding tert-OH is 1. The van der Waals surface area contributed by atoms with Crippen molar-refractivity contribution in [3.05, 3.63) is 29.8 Å². The molecular weight excluding hydrogens is 178 g/mol. The minimum absolute atomic E-state index is 0.114. The molecule has 3 nitrogen and oxygen atoms in total. The van der Waals surface area contributed by atoms with E-state index in [0.717, 1.165) is 12.3 Å². The van der Waals surface area contributed by atoms with Crippen LogP contribution in [0.25, 0.3) is 0 Å². The first-order chi connectivity index (χ1) is 6.75. The zero-order valence-corrected chi connectivity index (χ0v) is 8.23. The lowest BCUT2D eigenvalue weighted by atomic mass is 10.2. The van der Waals surface area contributed by atoms with Gasteiger partial charge in [0.25, 0.3) is 0 Å². The predicted octanol–water partition coefficient (Wildman–Crippen LogP) is 0.707. The average Bonchev–Trinajstić information content (AvgIpc) is 2.52. The van der Waals surface area contributed by atoms with E-state index in [1.807, 2.05) is 31.2 Å². The van der Waals surface area contributed by atoms with Crippen molar-refractivity contribution in [2.75, 3.05) is 13.1 Å². The van der Waals surface area contributed by atoms with Crippen LogP contribution in [0.15, 0.2) is 24.3 Å². The summed E-state index contributed by atoms with van der Waals surface area (Å²) in [6, 6.07) is 7.87. The van der Waals surface area contributed by atoms with Crippen LogP contribution >= 0.6 is 0 Å². The normalized spacial score (nSPS) is 26.4. The number of benzene rings is 1. The summed E-state index contributed by atoms with van der Waals surface area (Å²) in [5.41, 5.74) is 1.17. The molecule has 1 aromatic carbocycles. The fourth-order valence-electron chi connectivity index (χ4n) is 1.62. The molecule has 0 spiro atoms. The molecule has 0 aliphatic carbocycles. The first-order valence-electron chi connectivity index (χ1n) is 4.88. The summed E-state index contributed by atoms with van der Waals surface area (Å²) in [5.74, 6) is 0.831. The van der Waals surface area contributed by atoms with Crippen LogP contribution in [0.1, 0.15) is 5.56 Å². The molecule has 0 unspecified atom stereocenters. The molecule has 1 aliphatic rings. The maximum atomic E-state index is 9.53. The summed E-state index contributed by atoms with van der Waals surface area (Å²) in [5, 5.41) is 12.6. The first kappa shape index (κ1) is 9.49. The van der Waals surface area contributed by atoms with Gasteiger partial charge in [0.05, 0.1) is 0 Å². The van der Waals surface area contributed by atoms with E-state index in [2.05, 4.69) is 5.32 Å². The number of hydrogen-bond acceptors (Lipinski definition) is 3. The van der Waals surface area contributed by atoms with Gasteiger partial charge in [-0.25, -0.2) is 0 Å². The summed E-state index contributed by atoms with van der Waals surface area (Å²) in [6.07, 6.45) is -0.507. The van der Waals surface area contributed by atoms with E-state index < -0.39 is 6.10 Å². The Labute approximate surface area is 83.7 Å². The topological polar surface area (TPSA) is 41.5 Å². The van der Waals surface area contributed by atoms with Gasteiger partial charge in [0.2, 0.25) is 0 Å². The Morgan fingerprint density at radius 2 is 2.29 bits per heavy atom. The molecule has 14 heavy (non-hydrogen) atoms. The van der Waals surface area contributed by atoms with Crippen molar-refractivity contribution < 1.29 is 9.84 Å². The molecule has 2 atom stereocenters. The van der Waals surface area contributed by atoms with E-state index >= 15 is 0 Å². The van der Waals surface area contributed by atoms with E-state index in [9.17, 15) is 5.11 Å². The minimum Gasteiger partial charge on any atom is -0.486 e. The van der Waals surface area contributed by atoms with E-state index in [4.69, 9.17) is 4.74 Å².